The average molecular weight is 322 g/mol. The maximum Gasteiger partial charge on any atom is 0.348 e. The SMILES string of the molecule is CCOC(=O)c1cc2c(s1)-c1cc(C)ccc1S(=O)(=O)C2. The summed E-state index contributed by atoms with van der Waals surface area (Å²) in [6, 6.07) is 6.94. The molecule has 0 atom stereocenters. The number of aryl methyl sites for hydroxylation is 1. The van der Waals surface area contributed by atoms with Crippen molar-refractivity contribution in [3.8, 4) is 10.4 Å². The molecule has 110 valence electrons. The van der Waals surface area contributed by atoms with E-state index in [0.717, 1.165) is 10.4 Å². The molecule has 6 heteroatoms. The lowest BCUT2D eigenvalue weighted by Crippen LogP contribution is -2.11. The molecule has 21 heavy (non-hydrogen) atoms. The van der Waals surface area contributed by atoms with Crippen molar-refractivity contribution in [2.75, 3.05) is 6.61 Å². The van der Waals surface area contributed by atoms with Gasteiger partial charge in [-0.05, 0) is 37.6 Å². The van der Waals surface area contributed by atoms with Gasteiger partial charge in [0.1, 0.15) is 4.88 Å². The quantitative estimate of drug-likeness (QED) is 0.797. The number of hydrogen-bond donors (Lipinski definition) is 0. The van der Waals surface area contributed by atoms with Crippen LogP contribution in [-0.2, 0) is 20.3 Å². The first-order chi connectivity index (χ1) is 9.92. The van der Waals surface area contributed by atoms with E-state index in [1.54, 1.807) is 25.1 Å². The van der Waals surface area contributed by atoms with Crippen molar-refractivity contribution < 1.29 is 17.9 Å². The fourth-order valence-corrected chi connectivity index (χ4v) is 5.27. The van der Waals surface area contributed by atoms with Crippen LogP contribution in [0.15, 0.2) is 29.2 Å². The maximum absolute atomic E-state index is 12.3. The summed E-state index contributed by atoms with van der Waals surface area (Å²) < 4.78 is 29.7. The van der Waals surface area contributed by atoms with Crippen LogP contribution in [-0.4, -0.2) is 21.0 Å². The second kappa shape index (κ2) is 4.96. The highest BCUT2D eigenvalue weighted by atomic mass is 32.2. The molecule has 4 nitrogen and oxygen atoms in total. The summed E-state index contributed by atoms with van der Waals surface area (Å²) in [5.41, 5.74) is 2.36. The second-order valence-corrected chi connectivity index (χ2v) is 7.95. The lowest BCUT2D eigenvalue weighted by atomic mass is 10.1. The second-order valence-electron chi connectivity index (χ2n) is 4.94. The summed E-state index contributed by atoms with van der Waals surface area (Å²) >= 11 is 1.30. The zero-order valence-electron chi connectivity index (χ0n) is 11.7. The Morgan fingerprint density at radius 2 is 2.10 bits per heavy atom. The number of thiophene rings is 1. The van der Waals surface area contributed by atoms with Crippen molar-refractivity contribution in [1.82, 2.24) is 0 Å². The van der Waals surface area contributed by atoms with Crippen LogP contribution >= 0.6 is 11.3 Å². The Morgan fingerprint density at radius 1 is 1.33 bits per heavy atom. The molecule has 0 spiro atoms. The highest BCUT2D eigenvalue weighted by Gasteiger charge is 2.31. The monoisotopic (exact) mass is 322 g/mol. The third kappa shape index (κ3) is 2.38. The Kier molecular flexibility index (Phi) is 3.37. The molecule has 0 fully saturated rings. The van der Waals surface area contributed by atoms with Crippen molar-refractivity contribution >= 4 is 27.1 Å². The molecule has 1 aromatic carbocycles. The van der Waals surface area contributed by atoms with E-state index in [0.29, 0.717) is 27.5 Å². The van der Waals surface area contributed by atoms with Gasteiger partial charge in [-0.1, -0.05) is 11.6 Å². The summed E-state index contributed by atoms with van der Waals surface area (Å²) in [7, 11) is -3.34. The van der Waals surface area contributed by atoms with E-state index in [2.05, 4.69) is 0 Å². The molecule has 2 aromatic rings. The molecule has 0 radical (unpaired) electrons. The van der Waals surface area contributed by atoms with E-state index in [1.807, 2.05) is 13.0 Å². The zero-order valence-corrected chi connectivity index (χ0v) is 13.3. The lowest BCUT2D eigenvalue weighted by molar-refractivity contribution is 0.0532. The van der Waals surface area contributed by atoms with Gasteiger partial charge in [0.15, 0.2) is 9.84 Å². The van der Waals surface area contributed by atoms with E-state index in [9.17, 15) is 13.2 Å². The van der Waals surface area contributed by atoms with Gasteiger partial charge in [-0.25, -0.2) is 13.2 Å². The largest absolute Gasteiger partial charge is 0.462 e. The van der Waals surface area contributed by atoms with Gasteiger partial charge in [0.05, 0.1) is 17.3 Å². The number of esters is 1. The van der Waals surface area contributed by atoms with Crippen LogP contribution in [0.5, 0.6) is 0 Å². The summed E-state index contributed by atoms with van der Waals surface area (Å²) in [5.74, 6) is -0.461. The third-order valence-electron chi connectivity index (χ3n) is 3.35. The molecule has 1 aromatic heterocycles. The smallest absolute Gasteiger partial charge is 0.348 e. The topological polar surface area (TPSA) is 60.4 Å². The predicted octanol–water partition coefficient (Wildman–Crippen LogP) is 3.19. The van der Waals surface area contributed by atoms with Crippen LogP contribution < -0.4 is 0 Å². The van der Waals surface area contributed by atoms with Crippen LogP contribution in [0.2, 0.25) is 0 Å². The van der Waals surface area contributed by atoms with Gasteiger partial charge in [0.25, 0.3) is 0 Å². The van der Waals surface area contributed by atoms with Crippen LogP contribution in [0, 0.1) is 6.92 Å². The molecule has 2 heterocycles. The summed E-state index contributed by atoms with van der Waals surface area (Å²) in [6.07, 6.45) is 0. The number of hydrogen-bond acceptors (Lipinski definition) is 5. The number of rotatable bonds is 2. The number of ether oxygens (including phenoxy) is 1. The molecule has 0 N–H and O–H groups in total. The molecule has 0 bridgehead atoms. The molecule has 1 aliphatic heterocycles. The maximum atomic E-state index is 12.3. The highest BCUT2D eigenvalue weighted by molar-refractivity contribution is 7.91. The number of fused-ring (bicyclic) bond motifs is 3. The fraction of sp³-hybridized carbons (Fsp3) is 0.267. The van der Waals surface area contributed by atoms with E-state index in [1.165, 1.54) is 11.3 Å². The van der Waals surface area contributed by atoms with Crippen LogP contribution in [0.4, 0.5) is 0 Å². The highest BCUT2D eigenvalue weighted by Crippen LogP contribution is 2.43. The first kappa shape index (κ1) is 14.3. The van der Waals surface area contributed by atoms with Gasteiger partial charge in [-0.3, -0.25) is 0 Å². The average Bonchev–Trinajstić information content (AvgIpc) is 2.81. The molecule has 1 aliphatic rings. The number of benzene rings is 1. The Labute approximate surface area is 127 Å². The van der Waals surface area contributed by atoms with Gasteiger partial charge in [-0.15, -0.1) is 11.3 Å². The van der Waals surface area contributed by atoms with Gasteiger partial charge in [0.2, 0.25) is 0 Å². The zero-order chi connectivity index (χ0) is 15.2. The van der Waals surface area contributed by atoms with E-state index >= 15 is 0 Å². The summed E-state index contributed by atoms with van der Waals surface area (Å²) in [6.45, 7) is 3.96. The van der Waals surface area contributed by atoms with Crippen LogP contribution in [0.3, 0.4) is 0 Å². The van der Waals surface area contributed by atoms with Gasteiger partial charge in [0, 0.05) is 10.4 Å². The van der Waals surface area contributed by atoms with Crippen molar-refractivity contribution in [3.63, 3.8) is 0 Å². The molecule has 0 saturated carbocycles. The standard InChI is InChI=1S/C15H14O4S2/c1-3-19-15(16)12-7-10-8-21(17,18)13-5-4-9(2)6-11(13)14(10)20-12/h4-7H,3,8H2,1-2H3. The summed E-state index contributed by atoms with van der Waals surface area (Å²) in [4.78, 5) is 13.5. The number of carbonyl (C=O) groups is 1. The molecule has 3 rings (SSSR count). The predicted molar refractivity (Wildman–Crippen MR) is 81.3 cm³/mol. The normalized spacial score (nSPS) is 15.1. The van der Waals surface area contributed by atoms with E-state index in [4.69, 9.17) is 4.74 Å². The molecule has 0 unspecified atom stereocenters. The lowest BCUT2D eigenvalue weighted by Gasteiger charge is -2.17. The van der Waals surface area contributed by atoms with Crippen molar-refractivity contribution in [2.45, 2.75) is 24.5 Å². The van der Waals surface area contributed by atoms with Gasteiger partial charge in [-0.2, -0.15) is 0 Å². The van der Waals surface area contributed by atoms with Crippen LogP contribution in [0.1, 0.15) is 27.7 Å². The Balaban J connectivity index is 2.20. The molecular formula is C15H14O4S2. The summed E-state index contributed by atoms with van der Waals surface area (Å²) in [5, 5.41) is 0. The van der Waals surface area contributed by atoms with Crippen LogP contribution in [0.25, 0.3) is 10.4 Å². The van der Waals surface area contributed by atoms with Gasteiger partial charge < -0.3 is 4.74 Å². The van der Waals surface area contributed by atoms with Crippen molar-refractivity contribution in [1.29, 1.82) is 0 Å². The fourth-order valence-electron chi connectivity index (χ4n) is 2.44. The first-order valence-corrected chi connectivity index (χ1v) is 9.03. The van der Waals surface area contributed by atoms with Gasteiger partial charge >= 0.3 is 5.97 Å². The number of carbonyl (C=O) groups excluding carboxylic acids is 1. The van der Waals surface area contributed by atoms with Crippen molar-refractivity contribution in [2.24, 2.45) is 0 Å². The minimum Gasteiger partial charge on any atom is -0.462 e. The first-order valence-electron chi connectivity index (χ1n) is 6.56. The third-order valence-corrected chi connectivity index (χ3v) is 6.25. The minimum absolute atomic E-state index is 0.0612. The van der Waals surface area contributed by atoms with E-state index < -0.39 is 15.8 Å². The molecular weight excluding hydrogens is 308 g/mol. The Hall–Kier alpha value is -1.66. The molecule has 0 amide bonds. The molecule has 0 aliphatic carbocycles. The minimum atomic E-state index is -3.34. The van der Waals surface area contributed by atoms with E-state index in [-0.39, 0.29) is 5.75 Å². The Morgan fingerprint density at radius 3 is 2.81 bits per heavy atom. The van der Waals surface area contributed by atoms with Crippen molar-refractivity contribution in [3.05, 3.63) is 40.3 Å². The Bertz CT molecular complexity index is 831. The number of sulfone groups is 1. The molecule has 0 saturated heterocycles.